The second-order valence-electron chi connectivity index (χ2n) is 6.16. The molecule has 0 unspecified atom stereocenters. The van der Waals surface area contributed by atoms with Crippen LogP contribution in [0.25, 0.3) is 0 Å². The molecular formula is C22H23NO3. The summed E-state index contributed by atoms with van der Waals surface area (Å²) in [7, 11) is 0. The molecule has 1 N–H and O–H groups in total. The number of carbonyl (C=O) groups excluding carboxylic acids is 1. The molecule has 1 aromatic heterocycles. The Morgan fingerprint density at radius 3 is 2.58 bits per heavy atom. The molecule has 0 saturated carbocycles. The molecule has 0 saturated heterocycles. The highest BCUT2D eigenvalue weighted by Gasteiger charge is 2.04. The molecule has 0 aliphatic heterocycles. The van der Waals surface area contributed by atoms with Crippen LogP contribution < -0.4 is 5.32 Å². The van der Waals surface area contributed by atoms with Gasteiger partial charge in [0, 0.05) is 12.1 Å². The van der Waals surface area contributed by atoms with E-state index in [1.54, 1.807) is 6.26 Å². The second-order valence-corrected chi connectivity index (χ2v) is 6.16. The van der Waals surface area contributed by atoms with E-state index in [1.807, 2.05) is 54.6 Å². The van der Waals surface area contributed by atoms with E-state index in [4.69, 9.17) is 9.15 Å². The lowest BCUT2D eigenvalue weighted by Gasteiger charge is -2.08. The molecule has 0 spiro atoms. The number of benzene rings is 2. The van der Waals surface area contributed by atoms with E-state index < -0.39 is 0 Å². The molecule has 3 aromatic rings. The predicted octanol–water partition coefficient (Wildman–Crippen LogP) is 4.96. The van der Waals surface area contributed by atoms with Gasteiger partial charge in [0.2, 0.25) is 5.91 Å². The van der Waals surface area contributed by atoms with Crippen molar-refractivity contribution in [2.24, 2.45) is 0 Å². The van der Waals surface area contributed by atoms with Crippen LogP contribution in [0.15, 0.2) is 77.4 Å². The maximum Gasteiger partial charge on any atom is 0.224 e. The fourth-order valence-corrected chi connectivity index (χ4v) is 2.72. The average molecular weight is 349 g/mol. The average Bonchev–Trinajstić information content (AvgIpc) is 3.16. The van der Waals surface area contributed by atoms with Crippen molar-refractivity contribution in [2.45, 2.75) is 32.5 Å². The Hall–Kier alpha value is -2.85. The standard InChI is InChI=1S/C22H23NO3/c24-22(13-5-9-18-7-2-1-3-8-18)23-20-11-4-10-19(15-20)16-25-17-21-12-6-14-26-21/h1-4,6-8,10-12,14-15H,5,9,13,16-17H2,(H,23,24). The van der Waals surface area contributed by atoms with E-state index in [2.05, 4.69) is 17.4 Å². The topological polar surface area (TPSA) is 51.5 Å². The van der Waals surface area contributed by atoms with Crippen LogP contribution in [0.4, 0.5) is 5.69 Å². The number of furan rings is 1. The van der Waals surface area contributed by atoms with Crippen molar-refractivity contribution in [2.75, 3.05) is 5.32 Å². The van der Waals surface area contributed by atoms with Gasteiger partial charge in [-0.3, -0.25) is 4.79 Å². The van der Waals surface area contributed by atoms with Gasteiger partial charge < -0.3 is 14.5 Å². The Bertz CT molecular complexity index is 797. The van der Waals surface area contributed by atoms with Gasteiger partial charge in [0.1, 0.15) is 12.4 Å². The molecular weight excluding hydrogens is 326 g/mol. The number of aryl methyl sites for hydroxylation is 1. The number of nitrogens with one attached hydrogen (secondary N) is 1. The molecule has 4 nitrogen and oxygen atoms in total. The number of ether oxygens (including phenoxy) is 1. The Morgan fingerprint density at radius 2 is 1.77 bits per heavy atom. The number of hydrogen-bond donors (Lipinski definition) is 1. The van der Waals surface area contributed by atoms with Crippen molar-refractivity contribution in [1.29, 1.82) is 0 Å². The van der Waals surface area contributed by atoms with Crippen LogP contribution in [-0.2, 0) is 29.2 Å². The van der Waals surface area contributed by atoms with Crippen LogP contribution in [0.5, 0.6) is 0 Å². The number of hydrogen-bond acceptors (Lipinski definition) is 3. The predicted molar refractivity (Wildman–Crippen MR) is 102 cm³/mol. The van der Waals surface area contributed by atoms with Gasteiger partial charge in [0.25, 0.3) is 0 Å². The van der Waals surface area contributed by atoms with E-state index >= 15 is 0 Å². The van der Waals surface area contributed by atoms with Crippen molar-refractivity contribution < 1.29 is 13.9 Å². The number of rotatable bonds is 9. The zero-order chi connectivity index (χ0) is 18.0. The molecule has 0 bridgehead atoms. The molecule has 0 fully saturated rings. The SMILES string of the molecule is O=C(CCCc1ccccc1)Nc1cccc(COCc2ccco2)c1. The maximum atomic E-state index is 12.1. The molecule has 0 aliphatic rings. The second kappa shape index (κ2) is 9.59. The number of anilines is 1. The van der Waals surface area contributed by atoms with Crippen LogP contribution >= 0.6 is 0 Å². The van der Waals surface area contributed by atoms with Crippen LogP contribution in [0.3, 0.4) is 0 Å². The molecule has 1 heterocycles. The summed E-state index contributed by atoms with van der Waals surface area (Å²) in [6.07, 6.45) is 3.89. The third kappa shape index (κ3) is 5.90. The highest BCUT2D eigenvalue weighted by atomic mass is 16.5. The van der Waals surface area contributed by atoms with Crippen LogP contribution in [0.1, 0.15) is 29.7 Å². The zero-order valence-electron chi connectivity index (χ0n) is 14.7. The largest absolute Gasteiger partial charge is 0.467 e. The first-order valence-electron chi connectivity index (χ1n) is 8.82. The zero-order valence-corrected chi connectivity index (χ0v) is 14.7. The minimum atomic E-state index is 0.0367. The highest BCUT2D eigenvalue weighted by Crippen LogP contribution is 2.14. The van der Waals surface area contributed by atoms with Gasteiger partial charge in [-0.2, -0.15) is 0 Å². The Kier molecular flexibility index (Phi) is 6.62. The molecule has 134 valence electrons. The molecule has 4 heteroatoms. The summed E-state index contributed by atoms with van der Waals surface area (Å²) in [4.78, 5) is 12.1. The van der Waals surface area contributed by atoms with Crippen molar-refractivity contribution in [3.05, 3.63) is 89.9 Å². The first-order chi connectivity index (χ1) is 12.8. The van der Waals surface area contributed by atoms with Gasteiger partial charge in [-0.25, -0.2) is 0 Å². The number of carbonyl (C=O) groups is 1. The van der Waals surface area contributed by atoms with E-state index in [-0.39, 0.29) is 5.91 Å². The molecule has 0 radical (unpaired) electrons. The first kappa shape index (κ1) is 18.0. The fraction of sp³-hybridized carbons (Fsp3) is 0.227. The van der Waals surface area contributed by atoms with Gasteiger partial charge in [0.15, 0.2) is 0 Å². The quantitative estimate of drug-likeness (QED) is 0.594. The third-order valence-electron chi connectivity index (χ3n) is 4.02. The molecule has 0 atom stereocenters. The van der Waals surface area contributed by atoms with Gasteiger partial charge >= 0.3 is 0 Å². The highest BCUT2D eigenvalue weighted by molar-refractivity contribution is 5.90. The summed E-state index contributed by atoms with van der Waals surface area (Å²) in [5.41, 5.74) is 3.07. The molecule has 3 rings (SSSR count). The summed E-state index contributed by atoms with van der Waals surface area (Å²) in [6, 6.07) is 21.7. The van der Waals surface area contributed by atoms with Gasteiger partial charge in [-0.05, 0) is 48.2 Å². The lowest BCUT2D eigenvalue weighted by Crippen LogP contribution is -2.11. The summed E-state index contributed by atoms with van der Waals surface area (Å²) in [5, 5.41) is 2.96. The van der Waals surface area contributed by atoms with Crippen LogP contribution in [0, 0.1) is 0 Å². The minimum Gasteiger partial charge on any atom is -0.467 e. The van der Waals surface area contributed by atoms with Gasteiger partial charge in [-0.1, -0.05) is 42.5 Å². The Balaban J connectivity index is 1.41. The smallest absolute Gasteiger partial charge is 0.224 e. The van der Waals surface area contributed by atoms with Crippen LogP contribution in [-0.4, -0.2) is 5.91 Å². The third-order valence-corrected chi connectivity index (χ3v) is 4.02. The summed E-state index contributed by atoms with van der Waals surface area (Å²) in [6.45, 7) is 0.904. The van der Waals surface area contributed by atoms with Gasteiger partial charge in [-0.15, -0.1) is 0 Å². The molecule has 1 amide bonds. The molecule has 26 heavy (non-hydrogen) atoms. The van der Waals surface area contributed by atoms with Gasteiger partial charge in [0.05, 0.1) is 12.9 Å². The maximum absolute atomic E-state index is 12.1. The van der Waals surface area contributed by atoms with E-state index in [9.17, 15) is 4.79 Å². The fourth-order valence-electron chi connectivity index (χ4n) is 2.72. The van der Waals surface area contributed by atoms with E-state index in [0.717, 1.165) is 29.9 Å². The van der Waals surface area contributed by atoms with Crippen molar-refractivity contribution in [3.8, 4) is 0 Å². The summed E-state index contributed by atoms with van der Waals surface area (Å²) >= 11 is 0. The van der Waals surface area contributed by atoms with E-state index in [0.29, 0.717) is 19.6 Å². The first-order valence-corrected chi connectivity index (χ1v) is 8.82. The molecule has 2 aromatic carbocycles. The Morgan fingerprint density at radius 1 is 0.923 bits per heavy atom. The Labute approximate surface area is 153 Å². The number of amides is 1. The molecule has 0 aliphatic carbocycles. The minimum absolute atomic E-state index is 0.0367. The lowest BCUT2D eigenvalue weighted by molar-refractivity contribution is -0.116. The summed E-state index contributed by atoms with van der Waals surface area (Å²) in [5.74, 6) is 0.836. The normalized spacial score (nSPS) is 10.6. The monoisotopic (exact) mass is 349 g/mol. The van der Waals surface area contributed by atoms with Crippen molar-refractivity contribution >= 4 is 11.6 Å². The lowest BCUT2D eigenvalue weighted by atomic mass is 10.1. The van der Waals surface area contributed by atoms with Crippen molar-refractivity contribution in [3.63, 3.8) is 0 Å². The van der Waals surface area contributed by atoms with E-state index in [1.165, 1.54) is 5.56 Å². The van der Waals surface area contributed by atoms with Crippen molar-refractivity contribution in [1.82, 2.24) is 0 Å². The van der Waals surface area contributed by atoms with Crippen LogP contribution in [0.2, 0.25) is 0 Å². The summed E-state index contributed by atoms with van der Waals surface area (Å²) < 4.78 is 10.9.